The van der Waals surface area contributed by atoms with Crippen molar-refractivity contribution in [2.24, 2.45) is 0 Å². The third-order valence-corrected chi connectivity index (χ3v) is 4.60. The van der Waals surface area contributed by atoms with Gasteiger partial charge in [0.15, 0.2) is 11.3 Å². The van der Waals surface area contributed by atoms with Crippen molar-refractivity contribution in [1.82, 2.24) is 0 Å². The molecule has 5 atom stereocenters. The van der Waals surface area contributed by atoms with Crippen LogP contribution in [0.15, 0.2) is 27.4 Å². The van der Waals surface area contributed by atoms with Gasteiger partial charge >= 0.3 is 5.63 Å². The summed E-state index contributed by atoms with van der Waals surface area (Å²) in [5.74, 6) is 0.431. The number of hydrogen-bond acceptors (Lipinski definition) is 9. The van der Waals surface area contributed by atoms with Crippen LogP contribution < -0.4 is 15.1 Å². The highest BCUT2D eigenvalue weighted by atomic mass is 16.7. The van der Waals surface area contributed by atoms with E-state index in [4.69, 9.17) is 18.6 Å². The van der Waals surface area contributed by atoms with Crippen molar-refractivity contribution in [3.63, 3.8) is 0 Å². The minimum absolute atomic E-state index is 0.0667. The second kappa shape index (κ2) is 6.53. The van der Waals surface area contributed by atoms with Crippen LogP contribution in [0.4, 0.5) is 0 Å². The summed E-state index contributed by atoms with van der Waals surface area (Å²) in [7, 11) is 0. The number of rotatable bonds is 3. The number of fused-ring (bicyclic) bond motifs is 2. The molecule has 9 heteroatoms. The van der Waals surface area contributed by atoms with Crippen molar-refractivity contribution < 1.29 is 39.1 Å². The van der Waals surface area contributed by atoms with Gasteiger partial charge in [-0.05, 0) is 12.1 Å². The summed E-state index contributed by atoms with van der Waals surface area (Å²) in [6, 6.07) is 4.68. The van der Waals surface area contributed by atoms with Crippen LogP contribution in [0.3, 0.4) is 0 Å². The molecule has 3 heterocycles. The molecule has 5 unspecified atom stereocenters. The third kappa shape index (κ3) is 2.74. The molecule has 0 saturated carbocycles. The topological polar surface area (TPSA) is 139 Å². The van der Waals surface area contributed by atoms with E-state index < -0.39 is 42.9 Å². The lowest BCUT2D eigenvalue weighted by molar-refractivity contribution is -0.277. The van der Waals surface area contributed by atoms with Crippen molar-refractivity contribution >= 4 is 11.0 Å². The lowest BCUT2D eigenvalue weighted by Crippen LogP contribution is -2.60. The molecule has 140 valence electrons. The highest BCUT2D eigenvalue weighted by molar-refractivity contribution is 5.87. The van der Waals surface area contributed by atoms with Crippen LogP contribution in [0.1, 0.15) is 5.56 Å². The first-order chi connectivity index (χ1) is 12.5. The number of ether oxygens (including phenoxy) is 3. The quantitative estimate of drug-likeness (QED) is 0.499. The van der Waals surface area contributed by atoms with E-state index in [1.807, 2.05) is 6.07 Å². The third-order valence-electron chi connectivity index (χ3n) is 4.60. The first kappa shape index (κ1) is 17.3. The Morgan fingerprint density at radius 3 is 2.73 bits per heavy atom. The predicted molar refractivity (Wildman–Crippen MR) is 86.1 cm³/mol. The Labute approximate surface area is 147 Å². The Bertz CT molecular complexity index is 874. The summed E-state index contributed by atoms with van der Waals surface area (Å²) in [5, 5.41) is 39.9. The molecule has 0 radical (unpaired) electrons. The summed E-state index contributed by atoms with van der Waals surface area (Å²) in [4.78, 5) is 11.6. The normalized spacial score (nSPS) is 30.8. The zero-order chi connectivity index (χ0) is 18.4. The maximum absolute atomic E-state index is 11.6. The zero-order valence-electron chi connectivity index (χ0n) is 13.6. The van der Waals surface area contributed by atoms with Crippen molar-refractivity contribution in [3.05, 3.63) is 34.2 Å². The zero-order valence-corrected chi connectivity index (χ0v) is 13.6. The average Bonchev–Trinajstić information content (AvgIpc) is 3.10. The van der Waals surface area contributed by atoms with Crippen molar-refractivity contribution in [2.75, 3.05) is 13.2 Å². The molecule has 1 saturated heterocycles. The smallest absolute Gasteiger partial charge is 0.336 e. The fraction of sp³-hybridized carbons (Fsp3) is 0.471. The Hall–Kier alpha value is -2.17. The van der Waals surface area contributed by atoms with E-state index in [0.29, 0.717) is 24.2 Å². The standard InChI is InChI=1S/C17H18O9/c18-6-9-11(20)12(21)13(22)17(24-9)26-16-14-8(3-4-23-14)5-7-1-2-10(19)25-15(7)16/h1-2,5,9,11-13,17-18,20-22H,3-4,6H2. The summed E-state index contributed by atoms with van der Waals surface area (Å²) < 4.78 is 21.9. The second-order valence-electron chi connectivity index (χ2n) is 6.28. The molecule has 0 amide bonds. The monoisotopic (exact) mass is 366 g/mol. The fourth-order valence-corrected chi connectivity index (χ4v) is 3.22. The second-order valence-corrected chi connectivity index (χ2v) is 6.28. The van der Waals surface area contributed by atoms with Crippen molar-refractivity contribution in [3.8, 4) is 11.5 Å². The Morgan fingerprint density at radius 1 is 1.15 bits per heavy atom. The minimum Gasteiger partial charge on any atom is -0.489 e. The highest BCUT2D eigenvalue weighted by Gasteiger charge is 2.45. The van der Waals surface area contributed by atoms with E-state index in [-0.39, 0.29) is 11.3 Å². The minimum atomic E-state index is -1.59. The number of aliphatic hydroxyl groups is 4. The van der Waals surface area contributed by atoms with Gasteiger partial charge in [-0.3, -0.25) is 0 Å². The van der Waals surface area contributed by atoms with Gasteiger partial charge in [-0.15, -0.1) is 0 Å². The summed E-state index contributed by atoms with van der Waals surface area (Å²) in [6.45, 7) is -0.162. The first-order valence-corrected chi connectivity index (χ1v) is 8.19. The molecule has 2 aromatic rings. The van der Waals surface area contributed by atoms with Gasteiger partial charge in [0.25, 0.3) is 0 Å². The predicted octanol–water partition coefficient (Wildman–Crippen LogP) is -1.09. The summed E-state index contributed by atoms with van der Waals surface area (Å²) in [5.41, 5.74) is 0.371. The van der Waals surface area contributed by atoms with Gasteiger partial charge in [0.1, 0.15) is 24.4 Å². The van der Waals surface area contributed by atoms with Crippen LogP contribution in [0.25, 0.3) is 11.0 Å². The molecule has 1 aromatic carbocycles. The van der Waals surface area contributed by atoms with Gasteiger partial charge in [-0.25, -0.2) is 4.79 Å². The van der Waals surface area contributed by atoms with Crippen LogP contribution in [-0.4, -0.2) is 64.3 Å². The maximum Gasteiger partial charge on any atom is 0.336 e. The molecule has 0 spiro atoms. The van der Waals surface area contributed by atoms with E-state index in [1.165, 1.54) is 6.07 Å². The van der Waals surface area contributed by atoms with Crippen molar-refractivity contribution in [1.29, 1.82) is 0 Å². The molecule has 4 rings (SSSR count). The van der Waals surface area contributed by atoms with Crippen LogP contribution in [0.5, 0.6) is 11.5 Å². The molecule has 0 aliphatic carbocycles. The van der Waals surface area contributed by atoms with Crippen molar-refractivity contribution in [2.45, 2.75) is 37.1 Å². The van der Waals surface area contributed by atoms with E-state index in [1.54, 1.807) is 6.07 Å². The largest absolute Gasteiger partial charge is 0.489 e. The van der Waals surface area contributed by atoms with E-state index in [2.05, 4.69) is 0 Å². The molecular weight excluding hydrogens is 348 g/mol. The average molecular weight is 366 g/mol. The van der Waals surface area contributed by atoms with Gasteiger partial charge in [0.2, 0.25) is 12.0 Å². The lowest BCUT2D eigenvalue weighted by Gasteiger charge is -2.39. The SMILES string of the molecule is O=c1ccc2cc3c(c(OC4OC(CO)C(O)C(O)C4O)c2o1)OCC3. The molecule has 9 nitrogen and oxygen atoms in total. The van der Waals surface area contributed by atoms with Crippen LogP contribution >= 0.6 is 0 Å². The van der Waals surface area contributed by atoms with Gasteiger partial charge in [-0.1, -0.05) is 0 Å². The van der Waals surface area contributed by atoms with Crippen LogP contribution in [0, 0.1) is 0 Å². The summed E-state index contributed by atoms with van der Waals surface area (Å²) >= 11 is 0. The van der Waals surface area contributed by atoms with Crippen LogP contribution in [-0.2, 0) is 11.2 Å². The molecule has 2 aliphatic heterocycles. The molecule has 26 heavy (non-hydrogen) atoms. The van der Waals surface area contributed by atoms with E-state index in [0.717, 1.165) is 5.56 Å². The first-order valence-electron chi connectivity index (χ1n) is 8.19. The number of aliphatic hydroxyl groups excluding tert-OH is 4. The maximum atomic E-state index is 11.6. The molecule has 1 aromatic heterocycles. The summed E-state index contributed by atoms with van der Waals surface area (Å²) in [6.07, 6.45) is -6.56. The Kier molecular flexibility index (Phi) is 4.33. The molecule has 0 bridgehead atoms. The van der Waals surface area contributed by atoms with Gasteiger partial charge in [-0.2, -0.15) is 0 Å². The molecule has 1 fully saturated rings. The fourth-order valence-electron chi connectivity index (χ4n) is 3.22. The number of benzene rings is 1. The molecule has 4 N–H and O–H groups in total. The van der Waals surface area contributed by atoms with Gasteiger partial charge in [0, 0.05) is 23.4 Å². The lowest BCUT2D eigenvalue weighted by atomic mass is 9.99. The highest BCUT2D eigenvalue weighted by Crippen LogP contribution is 2.43. The van der Waals surface area contributed by atoms with E-state index in [9.17, 15) is 25.2 Å². The molecule has 2 aliphatic rings. The van der Waals surface area contributed by atoms with Gasteiger partial charge in [0.05, 0.1) is 13.2 Å². The Morgan fingerprint density at radius 2 is 1.96 bits per heavy atom. The van der Waals surface area contributed by atoms with E-state index >= 15 is 0 Å². The Balaban J connectivity index is 1.77. The van der Waals surface area contributed by atoms with Gasteiger partial charge < -0.3 is 39.1 Å². The number of hydrogen-bond donors (Lipinski definition) is 4. The molecular formula is C17H18O9. The van der Waals surface area contributed by atoms with Crippen LogP contribution in [0.2, 0.25) is 0 Å².